The summed E-state index contributed by atoms with van der Waals surface area (Å²) in [5.41, 5.74) is 5.72. The second kappa shape index (κ2) is 6.44. The molecule has 92 valence electrons. The van der Waals surface area contributed by atoms with Gasteiger partial charge in [0.05, 0.1) is 6.54 Å². The minimum Gasteiger partial charge on any atom is -0.338 e. The fourth-order valence-corrected chi connectivity index (χ4v) is 1.66. The van der Waals surface area contributed by atoms with Crippen molar-refractivity contribution in [3.8, 4) is 0 Å². The predicted molar refractivity (Wildman–Crippen MR) is 60.9 cm³/mol. The van der Waals surface area contributed by atoms with Gasteiger partial charge in [0.2, 0.25) is 5.91 Å². The van der Waals surface area contributed by atoms with Crippen LogP contribution in [0.1, 0.15) is 19.8 Å². The Kier molecular flexibility index (Phi) is 5.21. The molecule has 6 nitrogen and oxygen atoms in total. The summed E-state index contributed by atoms with van der Waals surface area (Å²) in [7, 11) is 0. The Morgan fingerprint density at radius 3 is 2.81 bits per heavy atom. The topological polar surface area (TPSA) is 87.5 Å². The summed E-state index contributed by atoms with van der Waals surface area (Å²) in [6.07, 6.45) is 1.76. The van der Waals surface area contributed by atoms with E-state index in [4.69, 9.17) is 5.73 Å². The monoisotopic (exact) mass is 228 g/mol. The van der Waals surface area contributed by atoms with E-state index in [9.17, 15) is 9.59 Å². The van der Waals surface area contributed by atoms with Crippen molar-refractivity contribution in [2.45, 2.75) is 25.8 Å². The van der Waals surface area contributed by atoms with Crippen LogP contribution in [0.5, 0.6) is 0 Å². The van der Waals surface area contributed by atoms with Gasteiger partial charge in [-0.3, -0.25) is 15.0 Å². The fraction of sp³-hybridized carbons (Fsp3) is 0.800. The number of imide groups is 1. The summed E-state index contributed by atoms with van der Waals surface area (Å²) >= 11 is 0. The van der Waals surface area contributed by atoms with Gasteiger partial charge < -0.3 is 11.1 Å². The van der Waals surface area contributed by atoms with Crippen LogP contribution in [-0.2, 0) is 4.79 Å². The minimum absolute atomic E-state index is 0.154. The van der Waals surface area contributed by atoms with Crippen LogP contribution < -0.4 is 16.4 Å². The Bertz CT molecular complexity index is 257. The maximum absolute atomic E-state index is 11.4. The zero-order chi connectivity index (χ0) is 12.0. The molecule has 0 spiro atoms. The van der Waals surface area contributed by atoms with E-state index < -0.39 is 6.03 Å². The Morgan fingerprint density at radius 1 is 1.50 bits per heavy atom. The lowest BCUT2D eigenvalue weighted by Gasteiger charge is -2.14. The van der Waals surface area contributed by atoms with Gasteiger partial charge in [0.1, 0.15) is 0 Å². The molecule has 4 N–H and O–H groups in total. The van der Waals surface area contributed by atoms with E-state index in [0.717, 1.165) is 25.9 Å². The number of nitrogens with one attached hydrogen (secondary N) is 2. The first kappa shape index (κ1) is 12.9. The standard InChI is InChI=1S/C10H20N4O2/c1-2-4-12-10(16)13-9(15)7-14-5-3-8(11)6-14/h8H,2-7,11H2,1H3,(H2,12,13,15,16)/t8-/m1/s1. The average molecular weight is 228 g/mol. The van der Waals surface area contributed by atoms with Gasteiger partial charge in [0.15, 0.2) is 0 Å². The van der Waals surface area contributed by atoms with Gasteiger partial charge in [-0.1, -0.05) is 6.92 Å². The number of urea groups is 1. The van der Waals surface area contributed by atoms with Crippen molar-refractivity contribution >= 4 is 11.9 Å². The number of carbonyl (C=O) groups is 2. The van der Waals surface area contributed by atoms with E-state index in [1.54, 1.807) is 0 Å². The highest BCUT2D eigenvalue weighted by Crippen LogP contribution is 2.05. The smallest absolute Gasteiger partial charge is 0.321 e. The van der Waals surface area contributed by atoms with E-state index in [-0.39, 0.29) is 18.5 Å². The first-order valence-corrected chi connectivity index (χ1v) is 5.67. The molecule has 1 rings (SSSR count). The summed E-state index contributed by atoms with van der Waals surface area (Å²) < 4.78 is 0. The van der Waals surface area contributed by atoms with E-state index in [1.165, 1.54) is 0 Å². The van der Waals surface area contributed by atoms with Crippen molar-refractivity contribution in [3.05, 3.63) is 0 Å². The highest BCUT2D eigenvalue weighted by molar-refractivity contribution is 5.95. The SMILES string of the molecule is CCCNC(=O)NC(=O)CN1CC[C@@H](N)C1. The van der Waals surface area contributed by atoms with E-state index in [2.05, 4.69) is 10.6 Å². The van der Waals surface area contributed by atoms with Crippen LogP contribution in [0.4, 0.5) is 4.79 Å². The highest BCUT2D eigenvalue weighted by atomic mass is 16.2. The molecule has 1 aliphatic rings. The number of hydrogen-bond acceptors (Lipinski definition) is 4. The van der Waals surface area contributed by atoms with E-state index >= 15 is 0 Å². The Morgan fingerprint density at radius 2 is 2.25 bits per heavy atom. The molecule has 1 atom stereocenters. The van der Waals surface area contributed by atoms with Crippen LogP contribution in [0, 0.1) is 0 Å². The largest absolute Gasteiger partial charge is 0.338 e. The van der Waals surface area contributed by atoms with Crippen molar-refractivity contribution < 1.29 is 9.59 Å². The molecule has 0 aromatic carbocycles. The van der Waals surface area contributed by atoms with Crippen molar-refractivity contribution in [2.75, 3.05) is 26.2 Å². The molecule has 0 aromatic rings. The molecule has 1 aliphatic heterocycles. The van der Waals surface area contributed by atoms with Crippen LogP contribution in [0.25, 0.3) is 0 Å². The predicted octanol–water partition coefficient (Wildman–Crippen LogP) is -0.745. The van der Waals surface area contributed by atoms with Gasteiger partial charge in [-0.25, -0.2) is 4.79 Å². The third-order valence-electron chi connectivity index (χ3n) is 2.46. The van der Waals surface area contributed by atoms with E-state index in [1.807, 2.05) is 11.8 Å². The normalized spacial score (nSPS) is 20.8. The third kappa shape index (κ3) is 4.59. The molecule has 3 amide bonds. The summed E-state index contributed by atoms with van der Waals surface area (Å²) in [5.74, 6) is -0.275. The lowest BCUT2D eigenvalue weighted by atomic mass is 10.3. The fourth-order valence-electron chi connectivity index (χ4n) is 1.66. The van der Waals surface area contributed by atoms with Gasteiger partial charge in [-0.05, 0) is 12.8 Å². The molecule has 0 unspecified atom stereocenters. The zero-order valence-corrected chi connectivity index (χ0v) is 9.66. The van der Waals surface area contributed by atoms with Crippen molar-refractivity contribution in [3.63, 3.8) is 0 Å². The van der Waals surface area contributed by atoms with Gasteiger partial charge in [-0.15, -0.1) is 0 Å². The maximum atomic E-state index is 11.4. The summed E-state index contributed by atoms with van der Waals surface area (Å²) in [5, 5.41) is 4.87. The maximum Gasteiger partial charge on any atom is 0.321 e. The zero-order valence-electron chi connectivity index (χ0n) is 9.66. The number of carbonyl (C=O) groups excluding carboxylic acids is 2. The summed E-state index contributed by atoms with van der Waals surface area (Å²) in [6, 6.07) is -0.267. The molecular weight excluding hydrogens is 208 g/mol. The summed E-state index contributed by atoms with van der Waals surface area (Å²) in [4.78, 5) is 24.5. The number of nitrogens with two attached hydrogens (primary N) is 1. The van der Waals surface area contributed by atoms with Crippen LogP contribution in [0.15, 0.2) is 0 Å². The molecule has 1 saturated heterocycles. The summed E-state index contributed by atoms with van der Waals surface area (Å²) in [6.45, 7) is 4.32. The van der Waals surface area contributed by atoms with Crippen molar-refractivity contribution in [1.82, 2.24) is 15.5 Å². The van der Waals surface area contributed by atoms with Crippen LogP contribution in [0.2, 0.25) is 0 Å². The minimum atomic E-state index is -0.421. The van der Waals surface area contributed by atoms with Crippen LogP contribution >= 0.6 is 0 Å². The molecule has 0 saturated carbocycles. The Labute approximate surface area is 95.5 Å². The van der Waals surface area contributed by atoms with Gasteiger partial charge in [-0.2, -0.15) is 0 Å². The molecule has 6 heteroatoms. The molecule has 0 bridgehead atoms. The molecule has 1 heterocycles. The van der Waals surface area contributed by atoms with Gasteiger partial charge in [0.25, 0.3) is 0 Å². The Balaban J connectivity index is 2.17. The average Bonchev–Trinajstić information content (AvgIpc) is 2.60. The molecule has 0 aromatic heterocycles. The van der Waals surface area contributed by atoms with E-state index in [0.29, 0.717) is 6.54 Å². The molecule has 16 heavy (non-hydrogen) atoms. The number of amides is 3. The lowest BCUT2D eigenvalue weighted by Crippen LogP contribution is -2.44. The number of nitrogens with zero attached hydrogens (tertiary/aromatic N) is 1. The quantitative estimate of drug-likeness (QED) is 0.591. The molecular formula is C10H20N4O2. The van der Waals surface area contributed by atoms with Crippen LogP contribution in [0.3, 0.4) is 0 Å². The van der Waals surface area contributed by atoms with Gasteiger partial charge in [0, 0.05) is 25.7 Å². The van der Waals surface area contributed by atoms with Crippen molar-refractivity contribution in [1.29, 1.82) is 0 Å². The van der Waals surface area contributed by atoms with Crippen LogP contribution in [-0.4, -0.2) is 49.1 Å². The highest BCUT2D eigenvalue weighted by Gasteiger charge is 2.21. The number of likely N-dealkylation sites (tertiary alicyclic amines) is 1. The lowest BCUT2D eigenvalue weighted by molar-refractivity contribution is -0.120. The molecule has 1 fully saturated rings. The number of hydrogen-bond donors (Lipinski definition) is 3. The molecule has 0 radical (unpaired) electrons. The second-order valence-corrected chi connectivity index (χ2v) is 4.09. The Hall–Kier alpha value is -1.14. The van der Waals surface area contributed by atoms with Crippen molar-refractivity contribution in [2.24, 2.45) is 5.73 Å². The number of rotatable bonds is 4. The third-order valence-corrected chi connectivity index (χ3v) is 2.46. The second-order valence-electron chi connectivity index (χ2n) is 4.09. The first-order chi connectivity index (χ1) is 7.61. The molecule has 0 aliphatic carbocycles. The van der Waals surface area contributed by atoms with Gasteiger partial charge >= 0.3 is 6.03 Å². The first-order valence-electron chi connectivity index (χ1n) is 5.67.